The number of allylic oxidation sites excluding steroid dienone is 2. The molecule has 3 rings (SSSR count). The number of hydrogen-bond acceptors (Lipinski definition) is 5. The van der Waals surface area contributed by atoms with Gasteiger partial charge in [-0.05, 0) is 31.8 Å². The molecule has 8 heteroatoms. The predicted octanol–water partition coefficient (Wildman–Crippen LogP) is 6.06. The number of hydrazone groups is 1. The third kappa shape index (κ3) is 6.01. The Morgan fingerprint density at radius 2 is 1.42 bits per heavy atom. The maximum Gasteiger partial charge on any atom is 0.375 e. The van der Waals surface area contributed by atoms with Crippen molar-refractivity contribution < 1.29 is 24.8 Å². The predicted molar refractivity (Wildman–Crippen MR) is 143 cm³/mol. The molecule has 1 aromatic rings. The van der Waals surface area contributed by atoms with E-state index in [-0.39, 0.29) is 28.9 Å². The van der Waals surface area contributed by atoms with E-state index in [0.717, 1.165) is 38.5 Å². The number of carbonyl (C=O) groups excluding carboxylic acids is 1. The average Bonchev–Trinajstić information content (AvgIpc) is 3.28. The summed E-state index contributed by atoms with van der Waals surface area (Å²) in [6.07, 6.45) is 13.6. The minimum Gasteiger partial charge on any atom is -0.511 e. The van der Waals surface area contributed by atoms with Crippen molar-refractivity contribution in [2.45, 2.75) is 111 Å². The van der Waals surface area contributed by atoms with E-state index in [2.05, 4.69) is 24.0 Å². The Hall–Kier alpha value is -2.64. The van der Waals surface area contributed by atoms with Crippen molar-refractivity contribution in [3.05, 3.63) is 17.0 Å². The lowest BCUT2D eigenvalue weighted by atomic mass is 9.70. The van der Waals surface area contributed by atoms with E-state index in [1.807, 2.05) is 0 Å². The van der Waals surface area contributed by atoms with Gasteiger partial charge in [0, 0.05) is 13.0 Å². The van der Waals surface area contributed by atoms with E-state index in [4.69, 9.17) is 0 Å². The number of aromatic nitrogens is 2. The molecule has 0 fully saturated rings. The summed E-state index contributed by atoms with van der Waals surface area (Å²) in [5.41, 5.74) is 1.54. The van der Waals surface area contributed by atoms with Crippen LogP contribution in [0.5, 0.6) is 5.88 Å². The number of aliphatic hydroxyl groups is 2. The molecule has 2 aliphatic rings. The molecule has 0 radical (unpaired) electrons. The highest BCUT2D eigenvalue weighted by Crippen LogP contribution is 2.45. The summed E-state index contributed by atoms with van der Waals surface area (Å²) in [7, 11) is 0. The zero-order chi connectivity index (χ0) is 26.2. The average molecular weight is 502 g/mol. The molecule has 2 unspecified atom stereocenters. The van der Waals surface area contributed by atoms with Gasteiger partial charge in [0.2, 0.25) is 5.88 Å². The Morgan fingerprint density at radius 3 is 2.03 bits per heavy atom. The van der Waals surface area contributed by atoms with Crippen LogP contribution in [0.1, 0.15) is 109 Å². The van der Waals surface area contributed by atoms with Gasteiger partial charge in [-0.3, -0.25) is 4.79 Å². The molecule has 0 aromatic carbocycles. The number of Topliss-reactive ketones (excluding diaryl/α,β-unsaturated/α-hetero) is 1. The second-order valence-corrected chi connectivity index (χ2v) is 10.3. The fourth-order valence-corrected chi connectivity index (χ4v) is 5.35. The van der Waals surface area contributed by atoms with Crippen LogP contribution in [-0.2, 0) is 11.3 Å². The van der Waals surface area contributed by atoms with Crippen molar-refractivity contribution in [3.63, 3.8) is 0 Å². The van der Waals surface area contributed by atoms with Gasteiger partial charge in [0.15, 0.2) is 12.3 Å². The number of unbranched alkanes of at least 4 members (excludes halogenated alkanes) is 10. The normalized spacial score (nSPS) is 19.9. The highest BCUT2D eigenvalue weighted by Gasteiger charge is 2.54. The molecule has 0 saturated carbocycles. The van der Waals surface area contributed by atoms with Gasteiger partial charge in [0.1, 0.15) is 23.3 Å². The van der Waals surface area contributed by atoms with Crippen molar-refractivity contribution >= 4 is 23.0 Å². The molecule has 1 aliphatic heterocycles. The van der Waals surface area contributed by atoms with Gasteiger partial charge < -0.3 is 15.3 Å². The number of hydrogen-bond donors (Lipinski definition) is 3. The molecular weight excluding hydrogens is 456 g/mol. The summed E-state index contributed by atoms with van der Waals surface area (Å²) in [6, 6.07) is 0. The van der Waals surface area contributed by atoms with Crippen LogP contribution in [0.25, 0.3) is 5.57 Å². The molecule has 200 valence electrons. The number of aryl methyl sites for hydroxylation is 2. The quantitative estimate of drug-likeness (QED) is 0.188. The zero-order valence-corrected chi connectivity index (χ0v) is 22.6. The number of rotatable bonds is 16. The van der Waals surface area contributed by atoms with Crippen molar-refractivity contribution in [3.8, 4) is 5.88 Å². The standard InChI is InChI=1S/C28H44N4O4/c1-5-7-9-11-13-15-17-31-27(35)21(19(3)29-31)23-25(33)24(26(23)34)22-20(4)30-32(28(22)36)18-16-14-12-10-8-6-2/h21,23H,5-18H2,1-4H3,(H2,30,33,34,36)/p+1. The molecule has 0 spiro atoms. The zero-order valence-electron chi connectivity index (χ0n) is 22.6. The number of aromatic hydroxyl groups is 1. The molecule has 0 bridgehead atoms. The van der Waals surface area contributed by atoms with Gasteiger partial charge >= 0.3 is 5.90 Å². The first-order chi connectivity index (χ1) is 17.3. The van der Waals surface area contributed by atoms with Crippen molar-refractivity contribution in [1.29, 1.82) is 0 Å². The third-order valence-electron chi connectivity index (χ3n) is 7.48. The Labute approximate surface area is 215 Å². The summed E-state index contributed by atoms with van der Waals surface area (Å²) >= 11 is 0. The van der Waals surface area contributed by atoms with Gasteiger partial charge in [-0.15, -0.1) is 0 Å². The van der Waals surface area contributed by atoms with Crippen LogP contribution in [-0.4, -0.2) is 53.7 Å². The number of carbonyl (C=O) groups is 1. The van der Waals surface area contributed by atoms with Crippen molar-refractivity contribution in [1.82, 2.24) is 9.78 Å². The highest BCUT2D eigenvalue weighted by atomic mass is 16.3. The summed E-state index contributed by atoms with van der Waals surface area (Å²) < 4.78 is 3.10. The molecule has 1 aliphatic carbocycles. The lowest BCUT2D eigenvalue weighted by molar-refractivity contribution is -0.539. The second-order valence-electron chi connectivity index (χ2n) is 10.3. The highest BCUT2D eigenvalue weighted by molar-refractivity contribution is 6.32. The molecular formula is C28H45N4O4+. The van der Waals surface area contributed by atoms with E-state index in [1.165, 1.54) is 43.2 Å². The molecule has 2 heterocycles. The van der Waals surface area contributed by atoms with E-state index in [1.54, 1.807) is 18.5 Å². The van der Waals surface area contributed by atoms with E-state index < -0.39 is 11.8 Å². The molecule has 36 heavy (non-hydrogen) atoms. The maximum absolute atomic E-state index is 13.2. The SMILES string of the molecule is CCCCCCCCn1nc(C)c(C2=C(O)C(C3C(C)=N[N+](CCCCCCCC)=C3O)C2=O)c1O. The smallest absolute Gasteiger partial charge is 0.375 e. The minimum absolute atomic E-state index is 0.0183. The summed E-state index contributed by atoms with van der Waals surface area (Å²) in [4.78, 5) is 13.2. The summed E-state index contributed by atoms with van der Waals surface area (Å²) in [6.45, 7) is 9.06. The lowest BCUT2D eigenvalue weighted by Gasteiger charge is -2.30. The Balaban J connectivity index is 1.66. The first-order valence-corrected chi connectivity index (χ1v) is 14.0. The maximum atomic E-state index is 13.2. The Bertz CT molecular complexity index is 1020. The van der Waals surface area contributed by atoms with Gasteiger partial charge in [0.05, 0.1) is 16.8 Å². The fraction of sp³-hybridized carbons (Fsp3) is 0.714. The van der Waals surface area contributed by atoms with Crippen LogP contribution >= 0.6 is 0 Å². The third-order valence-corrected chi connectivity index (χ3v) is 7.48. The van der Waals surface area contributed by atoms with Gasteiger partial charge in [-0.25, -0.2) is 4.68 Å². The molecule has 1 aromatic heterocycles. The van der Waals surface area contributed by atoms with Gasteiger partial charge in [0.25, 0.3) is 0 Å². The largest absolute Gasteiger partial charge is 0.511 e. The van der Waals surface area contributed by atoms with Gasteiger partial charge in [-0.2, -0.15) is 5.10 Å². The van der Waals surface area contributed by atoms with E-state index >= 15 is 0 Å². The van der Waals surface area contributed by atoms with E-state index in [9.17, 15) is 20.1 Å². The number of ketones is 1. The van der Waals surface area contributed by atoms with Crippen LogP contribution in [0, 0.1) is 18.8 Å². The number of aliphatic hydroxyl groups excluding tert-OH is 2. The van der Waals surface area contributed by atoms with Crippen molar-refractivity contribution in [2.75, 3.05) is 6.54 Å². The van der Waals surface area contributed by atoms with Crippen LogP contribution in [0.3, 0.4) is 0 Å². The first kappa shape index (κ1) is 27.9. The van der Waals surface area contributed by atoms with Crippen LogP contribution in [0.4, 0.5) is 0 Å². The molecule has 8 nitrogen and oxygen atoms in total. The van der Waals surface area contributed by atoms with Crippen LogP contribution < -0.4 is 0 Å². The molecule has 0 saturated heterocycles. The van der Waals surface area contributed by atoms with Gasteiger partial charge in [-0.1, -0.05) is 76.3 Å². The molecule has 2 atom stereocenters. The molecule has 3 N–H and O–H groups in total. The van der Waals surface area contributed by atoms with E-state index in [0.29, 0.717) is 30.1 Å². The molecule has 0 amide bonds. The Kier molecular flexibility index (Phi) is 10.1. The number of nitrogens with zero attached hydrogens (tertiary/aromatic N) is 4. The second kappa shape index (κ2) is 13.1. The van der Waals surface area contributed by atoms with Crippen LogP contribution in [0.15, 0.2) is 10.9 Å². The minimum atomic E-state index is -0.876. The summed E-state index contributed by atoms with van der Waals surface area (Å²) in [5.74, 6) is -2.00. The monoisotopic (exact) mass is 501 g/mol. The van der Waals surface area contributed by atoms with Crippen LogP contribution in [0.2, 0.25) is 0 Å². The lowest BCUT2D eigenvalue weighted by Crippen LogP contribution is -2.42. The fourth-order valence-electron chi connectivity index (χ4n) is 5.35. The van der Waals surface area contributed by atoms with Crippen molar-refractivity contribution in [2.24, 2.45) is 16.9 Å². The topological polar surface area (TPSA) is 111 Å². The summed E-state index contributed by atoms with van der Waals surface area (Å²) in [5, 5.41) is 41.5. The first-order valence-electron chi connectivity index (χ1n) is 14.0. The Morgan fingerprint density at radius 1 is 0.833 bits per heavy atom.